The van der Waals surface area contributed by atoms with E-state index in [-0.39, 0.29) is 11.3 Å². The highest BCUT2D eigenvalue weighted by Crippen LogP contribution is 2.24. The van der Waals surface area contributed by atoms with Crippen LogP contribution in [0.4, 0.5) is 8.78 Å². The van der Waals surface area contributed by atoms with Gasteiger partial charge >= 0.3 is 5.91 Å². The lowest BCUT2D eigenvalue weighted by molar-refractivity contribution is -0.117. The summed E-state index contributed by atoms with van der Waals surface area (Å²) in [5.41, 5.74) is 5.17. The Kier molecular flexibility index (Phi) is 4.79. The molecule has 0 radical (unpaired) electrons. The fourth-order valence-corrected chi connectivity index (χ4v) is 2.44. The number of halogens is 2. The molecule has 0 saturated carbocycles. The van der Waals surface area contributed by atoms with Gasteiger partial charge in [0, 0.05) is 22.6 Å². The fourth-order valence-electron chi connectivity index (χ4n) is 2.44. The molecule has 7 heteroatoms. The first-order chi connectivity index (χ1) is 12.5. The summed E-state index contributed by atoms with van der Waals surface area (Å²) in [5, 5.41) is 0.791. The quantitative estimate of drug-likeness (QED) is 0.557. The number of amides is 2. The number of rotatable bonds is 3. The highest BCUT2D eigenvalue weighted by atomic mass is 19.1. The summed E-state index contributed by atoms with van der Waals surface area (Å²) in [6.07, 6.45) is 1.89. The van der Waals surface area contributed by atoms with Crippen molar-refractivity contribution in [1.82, 2.24) is 10.9 Å². The van der Waals surface area contributed by atoms with Gasteiger partial charge in [0.15, 0.2) is 5.76 Å². The van der Waals surface area contributed by atoms with Gasteiger partial charge in [0.25, 0.3) is 5.91 Å². The van der Waals surface area contributed by atoms with Crippen LogP contribution in [-0.2, 0) is 4.79 Å². The van der Waals surface area contributed by atoms with Crippen LogP contribution in [0.25, 0.3) is 17.0 Å². The Balaban J connectivity index is 1.66. The molecule has 0 unspecified atom stereocenters. The Morgan fingerprint density at radius 1 is 1.00 bits per heavy atom. The van der Waals surface area contributed by atoms with E-state index in [1.54, 1.807) is 19.1 Å². The van der Waals surface area contributed by atoms with Crippen LogP contribution >= 0.6 is 0 Å². The highest BCUT2D eigenvalue weighted by molar-refractivity contribution is 6.00. The normalized spacial score (nSPS) is 11.0. The number of carbonyl (C=O) groups is 2. The number of hydrogen-bond donors (Lipinski definition) is 2. The second-order valence-electron chi connectivity index (χ2n) is 5.46. The predicted octanol–water partition coefficient (Wildman–Crippen LogP) is 3.49. The minimum Gasteiger partial charge on any atom is -0.451 e. The summed E-state index contributed by atoms with van der Waals surface area (Å²) < 4.78 is 32.4. The molecule has 0 aliphatic heterocycles. The van der Waals surface area contributed by atoms with Crippen molar-refractivity contribution < 1.29 is 22.8 Å². The minimum absolute atomic E-state index is 0.0654. The largest absolute Gasteiger partial charge is 0.451 e. The summed E-state index contributed by atoms with van der Waals surface area (Å²) >= 11 is 0. The van der Waals surface area contributed by atoms with Gasteiger partial charge < -0.3 is 4.42 Å². The fraction of sp³-hybridized carbons (Fsp3) is 0.0526. The highest BCUT2D eigenvalue weighted by Gasteiger charge is 2.17. The number of aryl methyl sites for hydroxylation is 1. The van der Waals surface area contributed by atoms with Crippen LogP contribution < -0.4 is 10.9 Å². The molecule has 2 N–H and O–H groups in total. The van der Waals surface area contributed by atoms with Crippen LogP contribution in [0, 0.1) is 18.6 Å². The molecular formula is C19H14F2N2O3. The van der Waals surface area contributed by atoms with E-state index >= 15 is 0 Å². The van der Waals surface area contributed by atoms with Crippen molar-refractivity contribution in [2.24, 2.45) is 0 Å². The van der Waals surface area contributed by atoms with E-state index in [0.717, 1.165) is 29.7 Å². The number of hydrazine groups is 1. The monoisotopic (exact) mass is 356 g/mol. The Bertz CT molecular complexity index is 1000. The summed E-state index contributed by atoms with van der Waals surface area (Å²) in [7, 11) is 0. The Hall–Kier alpha value is -3.48. The van der Waals surface area contributed by atoms with E-state index in [1.165, 1.54) is 6.07 Å². The van der Waals surface area contributed by atoms with Gasteiger partial charge in [-0.05, 0) is 31.2 Å². The maximum Gasteiger partial charge on any atom is 0.305 e. The predicted molar refractivity (Wildman–Crippen MR) is 92.0 cm³/mol. The number of nitrogens with one attached hydrogen (secondary N) is 2. The van der Waals surface area contributed by atoms with Crippen molar-refractivity contribution in [1.29, 1.82) is 0 Å². The third kappa shape index (κ3) is 3.46. The molecule has 1 heterocycles. The number of benzene rings is 2. The number of furan rings is 1. The van der Waals surface area contributed by atoms with Crippen LogP contribution in [0.1, 0.15) is 21.7 Å². The third-order valence-electron chi connectivity index (χ3n) is 3.75. The lowest BCUT2D eigenvalue weighted by Crippen LogP contribution is -2.40. The molecule has 26 heavy (non-hydrogen) atoms. The van der Waals surface area contributed by atoms with Gasteiger partial charge in [-0.15, -0.1) is 0 Å². The van der Waals surface area contributed by atoms with E-state index in [9.17, 15) is 18.4 Å². The van der Waals surface area contributed by atoms with Crippen molar-refractivity contribution in [2.75, 3.05) is 0 Å². The van der Waals surface area contributed by atoms with Crippen LogP contribution in [0.3, 0.4) is 0 Å². The summed E-state index contributed by atoms with van der Waals surface area (Å²) in [6.45, 7) is 1.73. The van der Waals surface area contributed by atoms with Crippen LogP contribution in [0.5, 0.6) is 0 Å². The molecule has 132 valence electrons. The molecule has 2 amide bonds. The van der Waals surface area contributed by atoms with E-state index in [4.69, 9.17) is 4.42 Å². The van der Waals surface area contributed by atoms with Crippen LogP contribution in [0.2, 0.25) is 0 Å². The van der Waals surface area contributed by atoms with Gasteiger partial charge in [0.2, 0.25) is 0 Å². The summed E-state index contributed by atoms with van der Waals surface area (Å²) in [4.78, 5) is 23.9. The molecule has 0 bridgehead atoms. The van der Waals surface area contributed by atoms with Crippen LogP contribution in [-0.4, -0.2) is 11.8 Å². The number of hydrogen-bond acceptors (Lipinski definition) is 3. The van der Waals surface area contributed by atoms with Gasteiger partial charge in [0.1, 0.15) is 17.2 Å². The topological polar surface area (TPSA) is 71.3 Å². The molecule has 0 aliphatic rings. The van der Waals surface area contributed by atoms with Gasteiger partial charge in [0.05, 0.1) is 0 Å². The van der Waals surface area contributed by atoms with Crippen molar-refractivity contribution in [3.63, 3.8) is 0 Å². The number of para-hydroxylation sites is 1. The average molecular weight is 356 g/mol. The molecular weight excluding hydrogens is 342 g/mol. The first kappa shape index (κ1) is 17.3. The molecule has 0 fully saturated rings. The molecule has 3 rings (SSSR count). The lowest BCUT2D eigenvalue weighted by atomic mass is 10.1. The summed E-state index contributed by atoms with van der Waals surface area (Å²) in [6, 6.07) is 10.5. The molecule has 0 spiro atoms. The first-order valence-electron chi connectivity index (χ1n) is 7.68. The smallest absolute Gasteiger partial charge is 0.305 e. The van der Waals surface area contributed by atoms with Crippen LogP contribution in [0.15, 0.2) is 53.0 Å². The summed E-state index contributed by atoms with van der Waals surface area (Å²) in [5.74, 6) is -2.92. The molecule has 3 aromatic rings. The van der Waals surface area contributed by atoms with Gasteiger partial charge in [-0.3, -0.25) is 20.4 Å². The van der Waals surface area contributed by atoms with Gasteiger partial charge in [-0.2, -0.15) is 0 Å². The maximum absolute atomic E-state index is 13.5. The van der Waals surface area contributed by atoms with E-state index in [2.05, 4.69) is 10.9 Å². The average Bonchev–Trinajstić information content (AvgIpc) is 2.96. The number of carbonyl (C=O) groups excluding carboxylic acids is 2. The first-order valence-corrected chi connectivity index (χ1v) is 7.68. The van der Waals surface area contributed by atoms with E-state index in [0.29, 0.717) is 11.1 Å². The molecule has 0 atom stereocenters. The number of fused-ring (bicyclic) bond motifs is 1. The molecule has 2 aromatic carbocycles. The minimum atomic E-state index is -0.795. The zero-order valence-corrected chi connectivity index (χ0v) is 13.7. The standard InChI is InChI=1S/C19H14F2N2O3/c1-11-12-5-2-3-8-16(12)26-18(11)19(25)23-22-17(24)10-9-13-14(20)6-4-7-15(13)21/h2-10H,1H3,(H,22,24)(H,23,25)/b10-9+. The third-order valence-corrected chi connectivity index (χ3v) is 3.75. The molecule has 0 aliphatic carbocycles. The molecule has 5 nitrogen and oxygen atoms in total. The Morgan fingerprint density at radius 3 is 2.38 bits per heavy atom. The molecule has 0 saturated heterocycles. The van der Waals surface area contributed by atoms with Crippen molar-refractivity contribution in [3.8, 4) is 0 Å². The van der Waals surface area contributed by atoms with Crippen molar-refractivity contribution >= 4 is 28.9 Å². The second kappa shape index (κ2) is 7.18. The Labute approximate surface area is 147 Å². The van der Waals surface area contributed by atoms with Crippen molar-refractivity contribution in [2.45, 2.75) is 6.92 Å². The maximum atomic E-state index is 13.5. The van der Waals surface area contributed by atoms with E-state index in [1.807, 2.05) is 12.1 Å². The SMILES string of the molecule is Cc1c(C(=O)NNC(=O)/C=C/c2c(F)cccc2F)oc2ccccc12. The van der Waals surface area contributed by atoms with E-state index < -0.39 is 23.4 Å². The second-order valence-corrected chi connectivity index (χ2v) is 5.46. The lowest BCUT2D eigenvalue weighted by Gasteiger charge is -2.04. The molecule has 1 aromatic heterocycles. The van der Waals surface area contributed by atoms with Gasteiger partial charge in [-0.25, -0.2) is 8.78 Å². The Morgan fingerprint density at radius 2 is 1.69 bits per heavy atom. The van der Waals surface area contributed by atoms with Gasteiger partial charge in [-0.1, -0.05) is 24.3 Å². The zero-order valence-electron chi connectivity index (χ0n) is 13.7. The van der Waals surface area contributed by atoms with Crippen molar-refractivity contribution in [3.05, 3.63) is 77.1 Å². The zero-order chi connectivity index (χ0) is 18.7.